The molecule has 0 amide bonds. The first-order valence-corrected chi connectivity index (χ1v) is 12.4. The van der Waals surface area contributed by atoms with E-state index in [4.69, 9.17) is 29.1 Å². The fraction of sp³-hybridized carbons (Fsp3) is 0.429. The molecule has 0 spiro atoms. The Balaban J connectivity index is 1.26. The molecule has 3 unspecified atom stereocenters. The van der Waals surface area contributed by atoms with Crippen LogP contribution in [0.1, 0.15) is 60.0 Å². The van der Waals surface area contributed by atoms with Gasteiger partial charge < -0.3 is 29.1 Å². The van der Waals surface area contributed by atoms with Crippen LogP contribution in [0.3, 0.4) is 0 Å². The summed E-state index contributed by atoms with van der Waals surface area (Å²) in [6.07, 6.45) is 11.8. The van der Waals surface area contributed by atoms with Gasteiger partial charge in [-0.2, -0.15) is 0 Å². The van der Waals surface area contributed by atoms with Gasteiger partial charge in [-0.3, -0.25) is 4.79 Å². The molecule has 2 aliphatic carbocycles. The molecule has 3 atom stereocenters. The summed E-state index contributed by atoms with van der Waals surface area (Å²) in [6, 6.07) is 8.95. The third-order valence-electron chi connectivity index (χ3n) is 6.35. The second-order valence-corrected chi connectivity index (χ2v) is 8.96. The maximum Gasteiger partial charge on any atom is 0.374 e. The molecule has 192 valence electrons. The first-order chi connectivity index (χ1) is 17.5. The Labute approximate surface area is 210 Å². The Morgan fingerprint density at radius 2 is 2.08 bits per heavy atom. The van der Waals surface area contributed by atoms with Crippen molar-refractivity contribution >= 4 is 12.0 Å². The highest BCUT2D eigenvalue weighted by Gasteiger charge is 2.22. The molecule has 1 fully saturated rings. The molecule has 8 heteroatoms. The molecule has 0 saturated heterocycles. The van der Waals surface area contributed by atoms with Gasteiger partial charge in [-0.1, -0.05) is 31.1 Å². The van der Waals surface area contributed by atoms with Gasteiger partial charge in [0.2, 0.25) is 12.6 Å². The lowest BCUT2D eigenvalue weighted by atomic mass is 9.85. The van der Waals surface area contributed by atoms with E-state index in [1.165, 1.54) is 12.8 Å². The van der Waals surface area contributed by atoms with E-state index in [2.05, 4.69) is 0 Å². The smallest absolute Gasteiger partial charge is 0.374 e. The van der Waals surface area contributed by atoms with E-state index in [1.807, 2.05) is 36.4 Å². The standard InChI is InChI=1S/C28H33NO7/c1-2-33-28(31)27-16-25(30)23-11-10-22(15-26(23)36-27)34-17-19-6-5-8-21(14-19)35-18-32-13-12-20-7-3-4-9-24(20)29/h5-6,8,10-14,16,20,22,24H,2-4,7,9,15,17-18,29H2,1H3/b13-12-. The Morgan fingerprint density at radius 3 is 2.92 bits per heavy atom. The van der Waals surface area contributed by atoms with Crippen LogP contribution >= 0.6 is 0 Å². The van der Waals surface area contributed by atoms with Crippen LogP contribution in [0, 0.1) is 5.92 Å². The molecule has 8 nitrogen and oxygen atoms in total. The maximum atomic E-state index is 12.3. The highest BCUT2D eigenvalue weighted by atomic mass is 16.7. The van der Waals surface area contributed by atoms with Gasteiger partial charge in [-0.05, 0) is 55.5 Å². The van der Waals surface area contributed by atoms with E-state index in [9.17, 15) is 9.59 Å². The zero-order chi connectivity index (χ0) is 25.3. The highest BCUT2D eigenvalue weighted by molar-refractivity contribution is 5.86. The summed E-state index contributed by atoms with van der Waals surface area (Å²) in [7, 11) is 0. The molecule has 1 aromatic heterocycles. The lowest BCUT2D eigenvalue weighted by molar-refractivity contribution is 0.0472. The first kappa shape index (κ1) is 25.7. The highest BCUT2D eigenvalue weighted by Crippen LogP contribution is 2.24. The lowest BCUT2D eigenvalue weighted by Crippen LogP contribution is -2.31. The second-order valence-electron chi connectivity index (χ2n) is 8.96. The van der Waals surface area contributed by atoms with Gasteiger partial charge >= 0.3 is 5.97 Å². The summed E-state index contributed by atoms with van der Waals surface area (Å²) in [4.78, 5) is 24.3. The molecular formula is C28H33NO7. The van der Waals surface area contributed by atoms with Gasteiger partial charge in [0.15, 0.2) is 5.43 Å². The fourth-order valence-corrected chi connectivity index (χ4v) is 4.40. The average molecular weight is 496 g/mol. The van der Waals surface area contributed by atoms with Crippen molar-refractivity contribution in [3.05, 3.63) is 81.6 Å². The number of nitrogens with two attached hydrogens (primary N) is 1. The summed E-state index contributed by atoms with van der Waals surface area (Å²) in [5.74, 6) is 0.698. The molecule has 2 N–H and O–H groups in total. The lowest BCUT2D eigenvalue weighted by Gasteiger charge is -2.25. The number of benzene rings is 1. The van der Waals surface area contributed by atoms with E-state index in [1.54, 1.807) is 19.3 Å². The van der Waals surface area contributed by atoms with Gasteiger partial charge in [-0.25, -0.2) is 4.79 Å². The molecule has 0 bridgehead atoms. The van der Waals surface area contributed by atoms with Crippen molar-refractivity contribution in [1.82, 2.24) is 0 Å². The Bertz CT molecular complexity index is 1150. The number of rotatable bonds is 10. The topological polar surface area (TPSA) is 110 Å². The van der Waals surface area contributed by atoms with E-state index in [0.29, 0.717) is 36.0 Å². The normalized spacial score (nSPS) is 21.2. The molecular weight excluding hydrogens is 462 g/mol. The van der Waals surface area contributed by atoms with Crippen LogP contribution in [0.4, 0.5) is 0 Å². The van der Waals surface area contributed by atoms with Crippen LogP contribution in [0.5, 0.6) is 5.75 Å². The summed E-state index contributed by atoms with van der Waals surface area (Å²) < 4.78 is 27.8. The van der Waals surface area contributed by atoms with Crippen molar-refractivity contribution in [1.29, 1.82) is 0 Å². The summed E-state index contributed by atoms with van der Waals surface area (Å²) in [6.45, 7) is 2.34. The minimum Gasteiger partial charge on any atom is -0.465 e. The predicted molar refractivity (Wildman–Crippen MR) is 134 cm³/mol. The van der Waals surface area contributed by atoms with E-state index in [-0.39, 0.29) is 36.7 Å². The minimum absolute atomic E-state index is 0.0989. The quantitative estimate of drug-likeness (QED) is 0.224. The van der Waals surface area contributed by atoms with Crippen molar-refractivity contribution in [2.45, 2.75) is 57.8 Å². The number of hydrogen-bond acceptors (Lipinski definition) is 8. The van der Waals surface area contributed by atoms with Crippen molar-refractivity contribution in [2.75, 3.05) is 13.4 Å². The van der Waals surface area contributed by atoms with E-state index < -0.39 is 5.97 Å². The summed E-state index contributed by atoms with van der Waals surface area (Å²) in [5.41, 5.74) is 7.23. The average Bonchev–Trinajstić information content (AvgIpc) is 2.88. The number of hydrogen-bond donors (Lipinski definition) is 1. The number of fused-ring (bicyclic) bond motifs is 1. The van der Waals surface area contributed by atoms with E-state index in [0.717, 1.165) is 24.5 Å². The van der Waals surface area contributed by atoms with Crippen molar-refractivity contribution in [2.24, 2.45) is 11.7 Å². The van der Waals surface area contributed by atoms with Gasteiger partial charge in [-0.15, -0.1) is 0 Å². The first-order valence-electron chi connectivity index (χ1n) is 12.4. The van der Waals surface area contributed by atoms with Crippen LogP contribution in [-0.4, -0.2) is 31.5 Å². The number of carbonyl (C=O) groups is 1. The van der Waals surface area contributed by atoms with Gasteiger partial charge in [0.05, 0.1) is 31.1 Å². The largest absolute Gasteiger partial charge is 0.465 e. The number of esters is 1. The third-order valence-corrected chi connectivity index (χ3v) is 6.35. The molecule has 2 aliphatic rings. The molecule has 36 heavy (non-hydrogen) atoms. The second kappa shape index (κ2) is 12.6. The minimum atomic E-state index is -0.654. The van der Waals surface area contributed by atoms with Gasteiger partial charge in [0.25, 0.3) is 0 Å². The monoisotopic (exact) mass is 495 g/mol. The van der Waals surface area contributed by atoms with Crippen LogP contribution in [0.15, 0.2) is 58.0 Å². The molecule has 0 radical (unpaired) electrons. The van der Waals surface area contributed by atoms with Crippen molar-refractivity contribution in [3.8, 4) is 5.75 Å². The predicted octanol–water partition coefficient (Wildman–Crippen LogP) is 4.36. The number of ether oxygens (including phenoxy) is 4. The zero-order valence-corrected chi connectivity index (χ0v) is 20.5. The van der Waals surface area contributed by atoms with Crippen LogP contribution in [0.25, 0.3) is 6.08 Å². The third kappa shape index (κ3) is 6.86. The van der Waals surface area contributed by atoms with Gasteiger partial charge in [0, 0.05) is 18.5 Å². The van der Waals surface area contributed by atoms with Gasteiger partial charge in [0.1, 0.15) is 11.5 Å². The molecule has 1 saturated carbocycles. The van der Waals surface area contributed by atoms with Crippen molar-refractivity contribution in [3.63, 3.8) is 0 Å². The van der Waals surface area contributed by atoms with Crippen molar-refractivity contribution < 1.29 is 28.2 Å². The Morgan fingerprint density at radius 1 is 1.22 bits per heavy atom. The molecule has 1 aromatic carbocycles. The Hall–Kier alpha value is -3.36. The molecule has 0 aliphatic heterocycles. The van der Waals surface area contributed by atoms with E-state index >= 15 is 0 Å². The van der Waals surface area contributed by atoms with Crippen LogP contribution in [0.2, 0.25) is 0 Å². The zero-order valence-electron chi connectivity index (χ0n) is 20.5. The molecule has 2 aromatic rings. The molecule has 1 heterocycles. The van der Waals surface area contributed by atoms with Crippen LogP contribution in [-0.2, 0) is 27.2 Å². The number of carbonyl (C=O) groups excluding carboxylic acids is 1. The summed E-state index contributed by atoms with van der Waals surface area (Å²) in [5, 5.41) is 0. The fourth-order valence-electron chi connectivity index (χ4n) is 4.40. The van der Waals surface area contributed by atoms with Crippen LogP contribution < -0.4 is 15.9 Å². The Kier molecular flexibility index (Phi) is 8.97. The SMILES string of the molecule is CCOC(=O)c1cc(=O)c2c(o1)CC(OCc1cccc(OCO/C=C\C3CCCCC3N)c1)C=C2. The maximum absolute atomic E-state index is 12.3. The summed E-state index contributed by atoms with van der Waals surface area (Å²) >= 11 is 0. The molecule has 4 rings (SSSR count).